The predicted molar refractivity (Wildman–Crippen MR) is 130 cm³/mol. The van der Waals surface area contributed by atoms with E-state index >= 15 is 0 Å². The number of phenolic OH excluding ortho intramolecular Hbond substituents is 1. The molecule has 1 aromatic heterocycles. The number of hydrogen-bond acceptors (Lipinski definition) is 8. The van der Waals surface area contributed by atoms with E-state index in [-0.39, 0.29) is 22.7 Å². The van der Waals surface area contributed by atoms with Gasteiger partial charge in [-0.15, -0.1) is 11.3 Å². The van der Waals surface area contributed by atoms with Crippen LogP contribution in [0, 0.1) is 0 Å². The van der Waals surface area contributed by atoms with Gasteiger partial charge in [-0.25, -0.2) is 0 Å². The van der Waals surface area contributed by atoms with Gasteiger partial charge in [-0.05, 0) is 62.5 Å². The second-order valence-electron chi connectivity index (χ2n) is 7.95. The molecule has 0 amide bonds. The van der Waals surface area contributed by atoms with Gasteiger partial charge in [0, 0.05) is 4.88 Å². The molecule has 9 heteroatoms. The van der Waals surface area contributed by atoms with Crippen molar-refractivity contribution in [3.05, 3.63) is 60.0 Å². The summed E-state index contributed by atoms with van der Waals surface area (Å²) in [5.74, 6) is -0.0594. The molecule has 0 radical (unpaired) electrons. The number of aromatic hydroxyl groups is 1. The van der Waals surface area contributed by atoms with Crippen LogP contribution in [-0.4, -0.2) is 23.5 Å². The third kappa shape index (κ3) is 4.22. The van der Waals surface area contributed by atoms with Gasteiger partial charge in [0.15, 0.2) is 5.75 Å². The molecule has 0 atom stereocenters. The summed E-state index contributed by atoms with van der Waals surface area (Å²) in [7, 11) is 3.68. The second-order valence-corrected chi connectivity index (χ2v) is 10.6. The highest BCUT2D eigenvalue weighted by Crippen LogP contribution is 2.44. The van der Waals surface area contributed by atoms with Gasteiger partial charge < -0.3 is 15.7 Å². The van der Waals surface area contributed by atoms with Gasteiger partial charge in [-0.1, -0.05) is 36.9 Å². The van der Waals surface area contributed by atoms with E-state index in [0.29, 0.717) is 15.6 Å². The first-order chi connectivity index (χ1) is 14.8. The van der Waals surface area contributed by atoms with E-state index in [1.165, 1.54) is 16.8 Å². The first-order valence-electron chi connectivity index (χ1n) is 10.1. The Balaban J connectivity index is 1.67. The van der Waals surface area contributed by atoms with Crippen molar-refractivity contribution in [1.82, 2.24) is 4.31 Å². The average Bonchev–Trinajstić information content (AvgIpc) is 3.31. The molecule has 0 unspecified atom stereocenters. The van der Waals surface area contributed by atoms with E-state index in [4.69, 9.17) is 11.6 Å². The van der Waals surface area contributed by atoms with E-state index in [1.807, 2.05) is 29.8 Å². The fraction of sp³-hybridized carbons (Fsp3) is 0.364. The lowest BCUT2D eigenvalue weighted by Gasteiger charge is -2.39. The molecule has 1 saturated carbocycles. The summed E-state index contributed by atoms with van der Waals surface area (Å²) in [6.45, 7) is 0. The first kappa shape index (κ1) is 22.2. The zero-order valence-corrected chi connectivity index (χ0v) is 19.7. The fourth-order valence-corrected chi connectivity index (χ4v) is 5.97. The van der Waals surface area contributed by atoms with Gasteiger partial charge in [0.05, 0.1) is 21.1 Å². The maximum absolute atomic E-state index is 12.5. The number of nitrogens with one attached hydrogen (secondary N) is 2. The third-order valence-electron chi connectivity index (χ3n) is 5.59. The van der Waals surface area contributed by atoms with Crippen LogP contribution in [-0.2, 0) is 5.54 Å². The minimum atomic E-state index is -0.587. The van der Waals surface area contributed by atoms with Crippen molar-refractivity contribution in [2.75, 3.05) is 24.7 Å². The van der Waals surface area contributed by atoms with Gasteiger partial charge in [-0.3, -0.25) is 13.9 Å². The summed E-state index contributed by atoms with van der Waals surface area (Å²) in [4.78, 5) is 26.6. The Morgan fingerprint density at radius 1 is 1.10 bits per heavy atom. The van der Waals surface area contributed by atoms with Crippen LogP contribution in [0.4, 0.5) is 17.1 Å². The number of phenols is 1. The van der Waals surface area contributed by atoms with Crippen LogP contribution in [0.3, 0.4) is 0 Å². The zero-order chi connectivity index (χ0) is 22.2. The molecule has 0 aliphatic heterocycles. The zero-order valence-electron chi connectivity index (χ0n) is 17.3. The molecule has 0 spiro atoms. The van der Waals surface area contributed by atoms with Crippen LogP contribution in [0.2, 0.25) is 5.02 Å². The smallest absolute Gasteiger partial charge is 0.253 e. The highest BCUT2D eigenvalue weighted by Gasteiger charge is 2.38. The summed E-state index contributed by atoms with van der Waals surface area (Å²) in [6, 6.07) is 7.35. The van der Waals surface area contributed by atoms with Crippen LogP contribution in [0.15, 0.2) is 44.1 Å². The summed E-state index contributed by atoms with van der Waals surface area (Å²) >= 11 is 9.17. The Morgan fingerprint density at radius 3 is 2.45 bits per heavy atom. The number of rotatable bonds is 7. The van der Waals surface area contributed by atoms with E-state index < -0.39 is 10.9 Å². The van der Waals surface area contributed by atoms with Crippen LogP contribution < -0.4 is 21.5 Å². The molecule has 3 N–H and O–H groups in total. The maximum atomic E-state index is 12.5. The standard InChI is InChI=1S/C22H24ClN3O3S2/c1-26(2)31-21-13(23)8-9-14(18(21)27)24-16-17(20(29)19(16)28)25-22(10-4-3-5-11-22)15-7-6-12-30-15/h6-9,12,24-25,27H,3-5,10-11H2,1-2H3. The highest BCUT2D eigenvalue weighted by atomic mass is 35.5. The van der Waals surface area contributed by atoms with E-state index in [1.54, 1.807) is 23.5 Å². The lowest BCUT2D eigenvalue weighted by atomic mass is 9.80. The van der Waals surface area contributed by atoms with Gasteiger partial charge in [-0.2, -0.15) is 0 Å². The average molecular weight is 478 g/mol. The minimum absolute atomic E-state index is 0.0594. The Bertz CT molecular complexity index is 1150. The number of hydrogen-bond donors (Lipinski definition) is 3. The van der Waals surface area contributed by atoms with E-state index in [2.05, 4.69) is 16.7 Å². The Hall–Kier alpha value is -2.00. The van der Waals surface area contributed by atoms with Crippen molar-refractivity contribution in [2.45, 2.75) is 42.5 Å². The van der Waals surface area contributed by atoms with Crippen molar-refractivity contribution >= 4 is 51.9 Å². The SMILES string of the molecule is CN(C)Sc1c(Cl)ccc(Nc2c(NC3(c4cccs4)CCCCC3)c(=O)c2=O)c1O. The largest absolute Gasteiger partial charge is 0.505 e. The fourth-order valence-electron chi connectivity index (χ4n) is 4.06. The molecule has 1 heterocycles. The molecule has 31 heavy (non-hydrogen) atoms. The van der Waals surface area contributed by atoms with Crippen LogP contribution in [0.25, 0.3) is 0 Å². The highest BCUT2D eigenvalue weighted by molar-refractivity contribution is 7.97. The Kier molecular flexibility index (Phi) is 6.35. The molecule has 1 aliphatic rings. The third-order valence-corrected chi connectivity index (χ3v) is 8.05. The van der Waals surface area contributed by atoms with Crippen molar-refractivity contribution in [3.8, 4) is 5.75 Å². The van der Waals surface area contributed by atoms with Crippen molar-refractivity contribution < 1.29 is 5.11 Å². The molecule has 2 aromatic carbocycles. The lowest BCUT2D eigenvalue weighted by molar-refractivity contribution is 0.335. The molecule has 164 valence electrons. The van der Waals surface area contributed by atoms with Crippen molar-refractivity contribution in [1.29, 1.82) is 0 Å². The molecular weight excluding hydrogens is 454 g/mol. The summed E-state index contributed by atoms with van der Waals surface area (Å²) in [5, 5.41) is 19.6. The molecule has 0 saturated heterocycles. The summed E-state index contributed by atoms with van der Waals surface area (Å²) in [6.07, 6.45) is 5.10. The van der Waals surface area contributed by atoms with E-state index in [9.17, 15) is 14.7 Å². The topological polar surface area (TPSA) is 81.7 Å². The van der Waals surface area contributed by atoms with Gasteiger partial charge in [0.1, 0.15) is 11.4 Å². The second kappa shape index (κ2) is 8.86. The maximum Gasteiger partial charge on any atom is 0.253 e. The normalized spacial score (nSPS) is 16.0. The lowest BCUT2D eigenvalue weighted by Crippen LogP contribution is -2.44. The van der Waals surface area contributed by atoms with Crippen molar-refractivity contribution in [2.24, 2.45) is 0 Å². The number of anilines is 3. The van der Waals surface area contributed by atoms with Gasteiger partial charge >= 0.3 is 0 Å². The number of benzene rings is 1. The molecule has 6 nitrogen and oxygen atoms in total. The summed E-state index contributed by atoms with van der Waals surface area (Å²) in [5.41, 5.74) is -0.658. The molecule has 1 aliphatic carbocycles. The first-order valence-corrected chi connectivity index (χ1v) is 12.1. The van der Waals surface area contributed by atoms with Crippen LogP contribution >= 0.6 is 34.9 Å². The number of nitrogens with zero attached hydrogens (tertiary/aromatic N) is 1. The monoisotopic (exact) mass is 477 g/mol. The van der Waals surface area contributed by atoms with Crippen LogP contribution in [0.1, 0.15) is 37.0 Å². The molecule has 1 fully saturated rings. The molecular formula is C22H24ClN3O3S2. The minimum Gasteiger partial charge on any atom is -0.505 e. The van der Waals surface area contributed by atoms with Gasteiger partial charge in [0.25, 0.3) is 10.9 Å². The van der Waals surface area contributed by atoms with E-state index in [0.717, 1.165) is 32.1 Å². The quantitative estimate of drug-likeness (QED) is 0.242. The van der Waals surface area contributed by atoms with Gasteiger partial charge in [0.2, 0.25) is 0 Å². The predicted octanol–water partition coefficient (Wildman–Crippen LogP) is 5.29. The number of thiophene rings is 1. The van der Waals surface area contributed by atoms with Crippen molar-refractivity contribution in [3.63, 3.8) is 0 Å². The Labute approximate surface area is 194 Å². The van der Waals surface area contributed by atoms with Crippen LogP contribution in [0.5, 0.6) is 5.75 Å². The number of halogens is 1. The molecule has 0 bridgehead atoms. The Morgan fingerprint density at radius 2 is 1.81 bits per heavy atom. The molecule has 4 rings (SSSR count). The summed E-state index contributed by atoms with van der Waals surface area (Å²) < 4.78 is 1.81. The molecule has 3 aromatic rings.